The van der Waals surface area contributed by atoms with Gasteiger partial charge in [0.2, 0.25) is 6.10 Å². The summed E-state index contributed by atoms with van der Waals surface area (Å²) >= 11 is 5.95. The number of amides is 1. The van der Waals surface area contributed by atoms with Crippen molar-refractivity contribution in [3.63, 3.8) is 0 Å². The van der Waals surface area contributed by atoms with E-state index in [1.807, 2.05) is 12.1 Å². The number of carbonyl (C=O) groups is 1. The molecule has 7 heteroatoms. The molecular formula is C14H11ClN4O2. The van der Waals surface area contributed by atoms with E-state index in [-0.39, 0.29) is 5.91 Å². The highest BCUT2D eigenvalue weighted by Gasteiger charge is 2.29. The van der Waals surface area contributed by atoms with E-state index >= 15 is 0 Å². The average molecular weight is 303 g/mol. The zero-order valence-corrected chi connectivity index (χ0v) is 11.6. The van der Waals surface area contributed by atoms with Gasteiger partial charge in [-0.1, -0.05) is 16.8 Å². The monoisotopic (exact) mass is 302 g/mol. The Morgan fingerprint density at radius 1 is 1.29 bits per heavy atom. The molecule has 0 aliphatic carbocycles. The number of pyridine rings is 2. The van der Waals surface area contributed by atoms with Crippen molar-refractivity contribution >= 4 is 29.0 Å². The minimum Gasteiger partial charge on any atom is -0.382 e. The number of rotatable bonds is 3. The Bertz CT molecular complexity index is 690. The molecule has 1 N–H and O–H groups in total. The van der Waals surface area contributed by atoms with E-state index in [0.717, 1.165) is 5.56 Å². The highest BCUT2D eigenvalue weighted by Crippen LogP contribution is 2.21. The SMILES string of the molecule is O=C(Nc1ncccc1Cl)C1CC(c2ccncc2)=NO1. The van der Waals surface area contributed by atoms with Crippen molar-refractivity contribution in [2.24, 2.45) is 5.16 Å². The van der Waals surface area contributed by atoms with Gasteiger partial charge in [0.25, 0.3) is 5.91 Å². The summed E-state index contributed by atoms with van der Waals surface area (Å²) < 4.78 is 0. The lowest BCUT2D eigenvalue weighted by molar-refractivity contribution is -0.125. The highest BCUT2D eigenvalue weighted by atomic mass is 35.5. The Morgan fingerprint density at radius 3 is 2.86 bits per heavy atom. The van der Waals surface area contributed by atoms with Gasteiger partial charge in [-0.2, -0.15) is 0 Å². The smallest absolute Gasteiger partial charge is 0.269 e. The zero-order valence-electron chi connectivity index (χ0n) is 10.9. The van der Waals surface area contributed by atoms with Gasteiger partial charge in [-0.05, 0) is 24.3 Å². The van der Waals surface area contributed by atoms with Gasteiger partial charge in [0.05, 0.1) is 10.7 Å². The molecule has 0 saturated carbocycles. The van der Waals surface area contributed by atoms with E-state index in [9.17, 15) is 4.79 Å². The average Bonchev–Trinajstić information content (AvgIpc) is 3.00. The summed E-state index contributed by atoms with van der Waals surface area (Å²) in [5.74, 6) is -0.0199. The number of aromatic nitrogens is 2. The van der Waals surface area contributed by atoms with Crippen LogP contribution in [0.5, 0.6) is 0 Å². The fraction of sp³-hybridized carbons (Fsp3) is 0.143. The Morgan fingerprint density at radius 2 is 2.10 bits per heavy atom. The van der Waals surface area contributed by atoms with Gasteiger partial charge >= 0.3 is 0 Å². The van der Waals surface area contributed by atoms with Crippen LogP contribution >= 0.6 is 11.6 Å². The molecule has 1 aliphatic heterocycles. The summed E-state index contributed by atoms with van der Waals surface area (Å²) in [5.41, 5.74) is 1.60. The first-order valence-electron chi connectivity index (χ1n) is 6.28. The first kappa shape index (κ1) is 13.5. The molecular weight excluding hydrogens is 292 g/mol. The van der Waals surface area contributed by atoms with Gasteiger partial charge in [0, 0.05) is 30.6 Å². The molecule has 1 atom stereocenters. The zero-order chi connectivity index (χ0) is 14.7. The van der Waals surface area contributed by atoms with Crippen LogP contribution in [0.2, 0.25) is 5.02 Å². The molecule has 3 heterocycles. The van der Waals surface area contributed by atoms with Crippen molar-refractivity contribution in [1.29, 1.82) is 0 Å². The van der Waals surface area contributed by atoms with Gasteiger partial charge in [0.1, 0.15) is 0 Å². The molecule has 21 heavy (non-hydrogen) atoms. The van der Waals surface area contributed by atoms with E-state index in [0.29, 0.717) is 23.0 Å². The van der Waals surface area contributed by atoms with Crippen LogP contribution < -0.4 is 5.32 Å². The van der Waals surface area contributed by atoms with Gasteiger partial charge < -0.3 is 10.2 Å². The third kappa shape index (κ3) is 3.00. The van der Waals surface area contributed by atoms with Crippen LogP contribution in [0.1, 0.15) is 12.0 Å². The van der Waals surface area contributed by atoms with E-state index in [1.165, 1.54) is 0 Å². The maximum Gasteiger partial charge on any atom is 0.269 e. The van der Waals surface area contributed by atoms with Crippen LogP contribution in [0.15, 0.2) is 48.0 Å². The number of halogens is 1. The second-order valence-corrected chi connectivity index (χ2v) is 4.80. The Labute approximate surface area is 125 Å². The normalized spacial score (nSPS) is 17.0. The molecule has 0 aromatic carbocycles. The third-order valence-electron chi connectivity index (χ3n) is 2.97. The van der Waals surface area contributed by atoms with E-state index in [1.54, 1.807) is 30.7 Å². The maximum absolute atomic E-state index is 12.1. The number of carbonyl (C=O) groups excluding carboxylic acids is 1. The maximum atomic E-state index is 12.1. The number of nitrogens with one attached hydrogen (secondary N) is 1. The number of oxime groups is 1. The second-order valence-electron chi connectivity index (χ2n) is 4.40. The molecule has 0 fully saturated rings. The quantitative estimate of drug-likeness (QED) is 0.943. The van der Waals surface area contributed by atoms with Crippen molar-refractivity contribution in [2.45, 2.75) is 12.5 Å². The van der Waals surface area contributed by atoms with Crippen LogP contribution in [0.4, 0.5) is 5.82 Å². The van der Waals surface area contributed by atoms with Crippen molar-refractivity contribution in [1.82, 2.24) is 9.97 Å². The van der Waals surface area contributed by atoms with Crippen LogP contribution in [0.25, 0.3) is 0 Å². The molecule has 2 aromatic rings. The largest absolute Gasteiger partial charge is 0.382 e. The third-order valence-corrected chi connectivity index (χ3v) is 3.28. The van der Waals surface area contributed by atoms with Crippen LogP contribution in [0.3, 0.4) is 0 Å². The molecule has 0 saturated heterocycles. The van der Waals surface area contributed by atoms with Crippen LogP contribution in [0, 0.1) is 0 Å². The summed E-state index contributed by atoms with van der Waals surface area (Å²) in [6.45, 7) is 0. The first-order chi connectivity index (χ1) is 10.2. The molecule has 3 rings (SSSR count). The molecule has 0 spiro atoms. The van der Waals surface area contributed by atoms with E-state index in [4.69, 9.17) is 16.4 Å². The van der Waals surface area contributed by atoms with Crippen LogP contribution in [-0.2, 0) is 9.63 Å². The molecule has 2 aromatic heterocycles. The van der Waals surface area contributed by atoms with Crippen molar-refractivity contribution in [3.05, 3.63) is 53.4 Å². The molecule has 0 bridgehead atoms. The van der Waals surface area contributed by atoms with Crippen molar-refractivity contribution < 1.29 is 9.63 Å². The summed E-state index contributed by atoms with van der Waals surface area (Å²) in [6.07, 6.45) is 4.58. The standard InChI is InChI=1S/C14H11ClN4O2/c15-10-2-1-5-17-13(10)18-14(20)12-8-11(19-21-12)9-3-6-16-7-4-9/h1-7,12H,8H2,(H,17,18,20). The fourth-order valence-electron chi connectivity index (χ4n) is 1.91. The Hall–Kier alpha value is -2.47. The lowest BCUT2D eigenvalue weighted by atomic mass is 10.1. The summed E-state index contributed by atoms with van der Waals surface area (Å²) in [5, 5.41) is 6.95. The molecule has 106 valence electrons. The summed E-state index contributed by atoms with van der Waals surface area (Å²) in [4.78, 5) is 25.2. The summed E-state index contributed by atoms with van der Waals surface area (Å²) in [7, 11) is 0. The molecule has 1 aliphatic rings. The van der Waals surface area contributed by atoms with Gasteiger partial charge in [-0.3, -0.25) is 9.78 Å². The Kier molecular flexibility index (Phi) is 3.79. The second kappa shape index (κ2) is 5.88. The molecule has 6 nitrogen and oxygen atoms in total. The first-order valence-corrected chi connectivity index (χ1v) is 6.66. The van der Waals surface area contributed by atoms with Crippen molar-refractivity contribution in [2.75, 3.05) is 5.32 Å². The van der Waals surface area contributed by atoms with Gasteiger partial charge in [-0.15, -0.1) is 0 Å². The number of anilines is 1. The molecule has 1 amide bonds. The topological polar surface area (TPSA) is 76.5 Å². The fourth-order valence-corrected chi connectivity index (χ4v) is 2.08. The lowest BCUT2D eigenvalue weighted by Gasteiger charge is -2.09. The van der Waals surface area contributed by atoms with E-state index in [2.05, 4.69) is 20.4 Å². The van der Waals surface area contributed by atoms with Crippen molar-refractivity contribution in [3.8, 4) is 0 Å². The number of hydrogen-bond acceptors (Lipinski definition) is 5. The predicted octanol–water partition coefficient (Wildman–Crippen LogP) is 2.26. The summed E-state index contributed by atoms with van der Waals surface area (Å²) in [6, 6.07) is 6.98. The van der Waals surface area contributed by atoms with E-state index < -0.39 is 6.10 Å². The minimum absolute atomic E-state index is 0.310. The Balaban J connectivity index is 1.65. The van der Waals surface area contributed by atoms with Gasteiger partial charge in [-0.25, -0.2) is 4.98 Å². The number of nitrogens with zero attached hydrogens (tertiary/aromatic N) is 3. The predicted molar refractivity (Wildman–Crippen MR) is 78.1 cm³/mol. The lowest BCUT2D eigenvalue weighted by Crippen LogP contribution is -2.28. The number of hydrogen-bond donors (Lipinski definition) is 1. The molecule has 1 unspecified atom stereocenters. The minimum atomic E-state index is -0.689. The van der Waals surface area contributed by atoms with Gasteiger partial charge in [0.15, 0.2) is 5.82 Å². The highest BCUT2D eigenvalue weighted by molar-refractivity contribution is 6.33. The molecule has 0 radical (unpaired) electrons. The van der Waals surface area contributed by atoms with Crippen LogP contribution in [-0.4, -0.2) is 27.7 Å².